The molecule has 0 aliphatic heterocycles. The molecule has 1 N–H and O–H groups in total. The quantitative estimate of drug-likeness (QED) is 0.798. The number of para-hydroxylation sites is 1. The predicted molar refractivity (Wildman–Crippen MR) is 83.8 cm³/mol. The molecule has 0 saturated heterocycles. The molecule has 116 valence electrons. The van der Waals surface area contributed by atoms with Gasteiger partial charge in [0.2, 0.25) is 0 Å². The van der Waals surface area contributed by atoms with Gasteiger partial charge in [-0.25, -0.2) is 0 Å². The Hall–Kier alpha value is -2.69. The van der Waals surface area contributed by atoms with E-state index in [4.69, 9.17) is 14.2 Å². The maximum atomic E-state index is 12.3. The number of amides is 1. The highest BCUT2D eigenvalue weighted by atomic mass is 16.5. The van der Waals surface area contributed by atoms with Gasteiger partial charge >= 0.3 is 0 Å². The van der Waals surface area contributed by atoms with E-state index in [0.717, 1.165) is 5.75 Å². The first-order valence-electron chi connectivity index (χ1n) is 6.93. The zero-order chi connectivity index (χ0) is 15.8. The monoisotopic (exact) mass is 301 g/mol. The van der Waals surface area contributed by atoms with Crippen LogP contribution in [0.1, 0.15) is 10.4 Å². The van der Waals surface area contributed by atoms with E-state index < -0.39 is 0 Å². The van der Waals surface area contributed by atoms with Crippen molar-refractivity contribution in [2.45, 2.75) is 0 Å². The summed E-state index contributed by atoms with van der Waals surface area (Å²) in [6.45, 7) is 0.766. The number of hydrogen-bond acceptors (Lipinski definition) is 4. The first kappa shape index (κ1) is 15.7. The molecule has 0 unspecified atom stereocenters. The van der Waals surface area contributed by atoms with Gasteiger partial charge in [0.25, 0.3) is 5.91 Å². The highest BCUT2D eigenvalue weighted by Gasteiger charge is 2.17. The predicted octanol–water partition coefficient (Wildman–Crippen LogP) is 2.51. The minimum atomic E-state index is -0.258. The SMILES string of the molecule is COc1cccc(OC)c1C(=O)NCCOc1ccccc1. The number of benzene rings is 2. The van der Waals surface area contributed by atoms with Crippen LogP contribution in [0.5, 0.6) is 17.2 Å². The molecule has 0 fully saturated rings. The van der Waals surface area contributed by atoms with Crippen LogP contribution in [-0.2, 0) is 0 Å². The molecular formula is C17H19NO4. The number of ether oxygens (including phenoxy) is 3. The normalized spacial score (nSPS) is 9.91. The van der Waals surface area contributed by atoms with Crippen LogP contribution in [-0.4, -0.2) is 33.3 Å². The number of carbonyl (C=O) groups is 1. The lowest BCUT2D eigenvalue weighted by molar-refractivity contribution is 0.0940. The fourth-order valence-corrected chi connectivity index (χ4v) is 2.01. The Kier molecular flexibility index (Phi) is 5.65. The Morgan fingerprint density at radius 1 is 0.955 bits per heavy atom. The summed E-state index contributed by atoms with van der Waals surface area (Å²) in [6.07, 6.45) is 0. The lowest BCUT2D eigenvalue weighted by Crippen LogP contribution is -2.28. The highest BCUT2D eigenvalue weighted by molar-refractivity contribution is 5.99. The van der Waals surface area contributed by atoms with Crippen molar-refractivity contribution in [1.29, 1.82) is 0 Å². The maximum Gasteiger partial charge on any atom is 0.258 e. The molecule has 0 aromatic heterocycles. The molecule has 0 heterocycles. The summed E-state index contributed by atoms with van der Waals surface area (Å²) in [5, 5.41) is 2.79. The standard InChI is InChI=1S/C17H19NO4/c1-20-14-9-6-10-15(21-2)16(14)17(19)18-11-12-22-13-7-4-3-5-8-13/h3-10H,11-12H2,1-2H3,(H,18,19). The van der Waals surface area contributed by atoms with Crippen LogP contribution in [0.4, 0.5) is 0 Å². The Labute approximate surface area is 129 Å². The molecule has 1 amide bonds. The Balaban J connectivity index is 1.92. The van der Waals surface area contributed by atoms with Crippen molar-refractivity contribution in [1.82, 2.24) is 5.32 Å². The van der Waals surface area contributed by atoms with Crippen LogP contribution in [0.25, 0.3) is 0 Å². The second-order valence-electron chi connectivity index (χ2n) is 4.45. The van der Waals surface area contributed by atoms with Crippen molar-refractivity contribution in [3.05, 3.63) is 54.1 Å². The van der Waals surface area contributed by atoms with E-state index in [9.17, 15) is 4.79 Å². The van der Waals surface area contributed by atoms with Crippen molar-refractivity contribution in [2.24, 2.45) is 0 Å². The molecule has 0 spiro atoms. The zero-order valence-electron chi connectivity index (χ0n) is 12.7. The third-order valence-electron chi connectivity index (χ3n) is 3.05. The molecular weight excluding hydrogens is 282 g/mol. The maximum absolute atomic E-state index is 12.3. The van der Waals surface area contributed by atoms with E-state index in [1.54, 1.807) is 18.2 Å². The van der Waals surface area contributed by atoms with Gasteiger partial charge in [-0.2, -0.15) is 0 Å². The van der Waals surface area contributed by atoms with Gasteiger partial charge in [0.05, 0.1) is 20.8 Å². The zero-order valence-corrected chi connectivity index (χ0v) is 12.7. The van der Waals surface area contributed by atoms with E-state index in [1.807, 2.05) is 30.3 Å². The fourth-order valence-electron chi connectivity index (χ4n) is 2.01. The van der Waals surface area contributed by atoms with Gasteiger partial charge in [0.1, 0.15) is 29.4 Å². The van der Waals surface area contributed by atoms with Gasteiger partial charge in [0, 0.05) is 0 Å². The van der Waals surface area contributed by atoms with Crippen LogP contribution < -0.4 is 19.5 Å². The van der Waals surface area contributed by atoms with Gasteiger partial charge in [-0.05, 0) is 24.3 Å². The van der Waals surface area contributed by atoms with E-state index >= 15 is 0 Å². The van der Waals surface area contributed by atoms with E-state index in [2.05, 4.69) is 5.32 Å². The molecule has 2 aromatic rings. The molecule has 0 aliphatic carbocycles. The minimum absolute atomic E-state index is 0.258. The average Bonchev–Trinajstić information content (AvgIpc) is 2.58. The average molecular weight is 301 g/mol. The smallest absolute Gasteiger partial charge is 0.258 e. The van der Waals surface area contributed by atoms with Crippen molar-refractivity contribution in [3.63, 3.8) is 0 Å². The largest absolute Gasteiger partial charge is 0.496 e. The molecule has 0 bridgehead atoms. The van der Waals surface area contributed by atoms with E-state index in [1.165, 1.54) is 14.2 Å². The summed E-state index contributed by atoms with van der Waals surface area (Å²) in [4.78, 5) is 12.3. The minimum Gasteiger partial charge on any atom is -0.496 e. The van der Waals surface area contributed by atoms with Crippen molar-refractivity contribution >= 4 is 5.91 Å². The number of hydrogen-bond donors (Lipinski definition) is 1. The lowest BCUT2D eigenvalue weighted by atomic mass is 10.1. The van der Waals surface area contributed by atoms with Crippen LogP contribution >= 0.6 is 0 Å². The molecule has 22 heavy (non-hydrogen) atoms. The van der Waals surface area contributed by atoms with Gasteiger partial charge < -0.3 is 19.5 Å². The summed E-state index contributed by atoms with van der Waals surface area (Å²) in [5.74, 6) is 1.46. The Morgan fingerprint density at radius 3 is 2.18 bits per heavy atom. The first-order valence-corrected chi connectivity index (χ1v) is 6.93. The Morgan fingerprint density at radius 2 is 1.59 bits per heavy atom. The molecule has 0 aliphatic rings. The van der Waals surface area contributed by atoms with Gasteiger partial charge in [-0.1, -0.05) is 24.3 Å². The summed E-state index contributed by atoms with van der Waals surface area (Å²) in [5.41, 5.74) is 0.382. The molecule has 0 saturated carbocycles. The number of methoxy groups -OCH3 is 2. The molecule has 5 heteroatoms. The van der Waals surface area contributed by atoms with Crippen LogP contribution in [0, 0.1) is 0 Å². The topological polar surface area (TPSA) is 56.8 Å². The Bertz CT molecular complexity index is 591. The van der Waals surface area contributed by atoms with Crippen molar-refractivity contribution in [3.8, 4) is 17.2 Å². The van der Waals surface area contributed by atoms with Crippen molar-refractivity contribution in [2.75, 3.05) is 27.4 Å². The molecule has 0 radical (unpaired) electrons. The summed E-state index contributed by atoms with van der Waals surface area (Å²) < 4.78 is 16.0. The third-order valence-corrected chi connectivity index (χ3v) is 3.05. The second kappa shape index (κ2) is 7.93. The first-order chi connectivity index (χ1) is 10.8. The summed E-state index contributed by atoms with van der Waals surface area (Å²) in [6, 6.07) is 14.7. The summed E-state index contributed by atoms with van der Waals surface area (Å²) in [7, 11) is 3.04. The molecule has 2 rings (SSSR count). The van der Waals surface area contributed by atoms with Gasteiger partial charge in [-0.15, -0.1) is 0 Å². The highest BCUT2D eigenvalue weighted by Crippen LogP contribution is 2.27. The van der Waals surface area contributed by atoms with Crippen molar-refractivity contribution < 1.29 is 19.0 Å². The van der Waals surface area contributed by atoms with Crippen LogP contribution in [0.2, 0.25) is 0 Å². The molecule has 2 aromatic carbocycles. The van der Waals surface area contributed by atoms with Gasteiger partial charge in [0.15, 0.2) is 0 Å². The summed E-state index contributed by atoms with van der Waals surface area (Å²) >= 11 is 0. The number of rotatable bonds is 7. The molecule has 0 atom stereocenters. The van der Waals surface area contributed by atoms with Gasteiger partial charge in [-0.3, -0.25) is 4.79 Å². The molecule has 5 nitrogen and oxygen atoms in total. The van der Waals surface area contributed by atoms with Crippen LogP contribution in [0.3, 0.4) is 0 Å². The third kappa shape index (κ3) is 3.91. The number of carbonyl (C=O) groups excluding carboxylic acids is 1. The number of nitrogens with one attached hydrogen (secondary N) is 1. The lowest BCUT2D eigenvalue weighted by Gasteiger charge is -2.13. The second-order valence-corrected chi connectivity index (χ2v) is 4.45. The van der Waals surface area contributed by atoms with E-state index in [-0.39, 0.29) is 5.91 Å². The van der Waals surface area contributed by atoms with Crippen LogP contribution in [0.15, 0.2) is 48.5 Å². The van der Waals surface area contributed by atoms with E-state index in [0.29, 0.717) is 30.2 Å². The fraction of sp³-hybridized carbons (Fsp3) is 0.235.